The molecule has 2 aromatic rings. The maximum absolute atomic E-state index is 12.4. The van der Waals surface area contributed by atoms with E-state index in [1.807, 2.05) is 25.1 Å². The van der Waals surface area contributed by atoms with Crippen molar-refractivity contribution >= 4 is 5.91 Å². The van der Waals surface area contributed by atoms with Crippen molar-refractivity contribution in [2.75, 3.05) is 19.9 Å². The van der Waals surface area contributed by atoms with E-state index in [2.05, 4.69) is 5.16 Å². The van der Waals surface area contributed by atoms with Crippen LogP contribution in [0.1, 0.15) is 29.4 Å². The summed E-state index contributed by atoms with van der Waals surface area (Å²) in [4.78, 5) is 14.1. The lowest BCUT2D eigenvalue weighted by atomic mass is 9.86. The molecule has 0 saturated carbocycles. The molecule has 0 radical (unpaired) electrons. The van der Waals surface area contributed by atoms with E-state index < -0.39 is 6.10 Å². The Labute approximate surface area is 145 Å². The molecule has 1 aromatic heterocycles. The third kappa shape index (κ3) is 3.19. The van der Waals surface area contributed by atoms with E-state index in [1.165, 1.54) is 0 Å². The third-order valence-corrected chi connectivity index (χ3v) is 4.76. The number of carbonyl (C=O) groups is 1. The Kier molecular flexibility index (Phi) is 4.09. The first-order valence-corrected chi connectivity index (χ1v) is 8.38. The van der Waals surface area contributed by atoms with Crippen LogP contribution in [0.3, 0.4) is 0 Å². The lowest BCUT2D eigenvalue weighted by molar-refractivity contribution is -0.134. The number of hydrogen-bond donors (Lipinski definition) is 1. The zero-order valence-corrected chi connectivity index (χ0v) is 14.0. The number of benzene rings is 1. The smallest absolute Gasteiger partial charge is 0.231 e. The van der Waals surface area contributed by atoms with E-state index >= 15 is 0 Å². The van der Waals surface area contributed by atoms with Gasteiger partial charge in [0.05, 0.1) is 18.2 Å². The first-order valence-electron chi connectivity index (χ1n) is 8.38. The van der Waals surface area contributed by atoms with E-state index in [9.17, 15) is 9.90 Å². The number of nitrogens with zero attached hydrogens (tertiary/aromatic N) is 2. The van der Waals surface area contributed by atoms with Crippen LogP contribution in [0, 0.1) is 6.92 Å². The monoisotopic (exact) mass is 344 g/mol. The molecule has 0 unspecified atom stereocenters. The van der Waals surface area contributed by atoms with Crippen molar-refractivity contribution in [1.82, 2.24) is 10.1 Å². The molecule has 2 atom stereocenters. The number of β-amino-alcohol motifs (C(OH)–C–C–N with tert-alkyl or cyclic N) is 1. The minimum absolute atomic E-state index is 0.0222. The maximum atomic E-state index is 12.4. The largest absolute Gasteiger partial charge is 0.454 e. The molecule has 7 heteroatoms. The normalized spacial score (nSPS) is 22.2. The molecule has 1 N–H and O–H groups in total. The molecule has 1 fully saturated rings. The average Bonchev–Trinajstić information content (AvgIpc) is 3.22. The zero-order valence-electron chi connectivity index (χ0n) is 14.0. The fraction of sp³-hybridized carbons (Fsp3) is 0.444. The Balaban J connectivity index is 1.41. The van der Waals surface area contributed by atoms with Crippen molar-refractivity contribution in [2.45, 2.75) is 31.8 Å². The Bertz CT molecular complexity index is 788. The second-order valence-corrected chi connectivity index (χ2v) is 6.53. The highest BCUT2D eigenvalue weighted by Gasteiger charge is 2.32. The van der Waals surface area contributed by atoms with Gasteiger partial charge in [-0.25, -0.2) is 0 Å². The van der Waals surface area contributed by atoms with Crippen LogP contribution < -0.4 is 9.47 Å². The molecule has 1 aromatic carbocycles. The standard InChI is InChI=1S/C18H20N2O5/c1-11-6-13(25-19-11)8-18(22)20-5-4-14(15(21)9-20)12-2-3-16-17(7-12)24-10-23-16/h2-3,6-7,14-15,21H,4-5,8-10H2,1H3/t14-,15+/m0/s1. The zero-order chi connectivity index (χ0) is 17.4. The number of aromatic nitrogens is 1. The number of fused-ring (bicyclic) bond motifs is 1. The molecule has 132 valence electrons. The number of ether oxygens (including phenoxy) is 2. The Morgan fingerprint density at radius 3 is 2.92 bits per heavy atom. The van der Waals surface area contributed by atoms with Gasteiger partial charge in [-0.3, -0.25) is 4.79 Å². The molecule has 3 heterocycles. The van der Waals surface area contributed by atoms with Gasteiger partial charge in [0.2, 0.25) is 12.7 Å². The molecule has 7 nitrogen and oxygen atoms in total. The molecular weight excluding hydrogens is 324 g/mol. The number of likely N-dealkylation sites (tertiary alicyclic amines) is 1. The Morgan fingerprint density at radius 1 is 1.32 bits per heavy atom. The summed E-state index contributed by atoms with van der Waals surface area (Å²) in [5.74, 6) is 1.91. The number of rotatable bonds is 3. The van der Waals surface area contributed by atoms with Crippen LogP contribution in [0.5, 0.6) is 11.5 Å². The SMILES string of the molecule is Cc1cc(CC(=O)N2CC[C@@H](c3ccc4c(c3)OCO4)[C@H](O)C2)on1. The van der Waals surface area contributed by atoms with Crippen molar-refractivity contribution in [2.24, 2.45) is 0 Å². The van der Waals surface area contributed by atoms with Gasteiger partial charge in [0.15, 0.2) is 11.5 Å². The average molecular weight is 344 g/mol. The molecule has 1 amide bonds. The van der Waals surface area contributed by atoms with Crippen molar-refractivity contribution in [1.29, 1.82) is 0 Å². The van der Waals surface area contributed by atoms with Crippen LogP contribution in [-0.2, 0) is 11.2 Å². The summed E-state index contributed by atoms with van der Waals surface area (Å²) in [6.07, 6.45) is 0.249. The predicted molar refractivity (Wildman–Crippen MR) is 87.5 cm³/mol. The van der Waals surface area contributed by atoms with E-state index in [1.54, 1.807) is 11.0 Å². The lowest BCUT2D eigenvalue weighted by Gasteiger charge is -2.36. The number of carbonyl (C=O) groups excluding carboxylic acids is 1. The van der Waals surface area contributed by atoms with Crippen molar-refractivity contribution in [3.8, 4) is 11.5 Å². The molecule has 2 aliphatic heterocycles. The molecule has 1 saturated heterocycles. The number of amides is 1. The predicted octanol–water partition coefficient (Wildman–Crippen LogP) is 1.63. The van der Waals surface area contributed by atoms with Gasteiger partial charge in [-0.2, -0.15) is 0 Å². The van der Waals surface area contributed by atoms with Crippen LogP contribution >= 0.6 is 0 Å². The Hall–Kier alpha value is -2.54. The minimum Gasteiger partial charge on any atom is -0.454 e. The molecular formula is C18H20N2O5. The number of piperidine rings is 1. The summed E-state index contributed by atoms with van der Waals surface area (Å²) in [5.41, 5.74) is 1.76. The molecule has 2 aliphatic rings. The van der Waals surface area contributed by atoms with Crippen LogP contribution in [0.2, 0.25) is 0 Å². The van der Waals surface area contributed by atoms with Crippen LogP contribution in [0.4, 0.5) is 0 Å². The topological polar surface area (TPSA) is 85.0 Å². The molecule has 0 bridgehead atoms. The summed E-state index contributed by atoms with van der Waals surface area (Å²) in [7, 11) is 0. The van der Waals surface area contributed by atoms with E-state index in [0.717, 1.165) is 17.0 Å². The van der Waals surface area contributed by atoms with Gasteiger partial charge in [0.25, 0.3) is 0 Å². The van der Waals surface area contributed by atoms with Crippen LogP contribution in [-0.4, -0.2) is 47.1 Å². The Morgan fingerprint density at radius 2 is 2.16 bits per heavy atom. The van der Waals surface area contributed by atoms with Crippen molar-refractivity contribution < 1.29 is 23.9 Å². The molecule has 4 rings (SSSR count). The molecule has 25 heavy (non-hydrogen) atoms. The summed E-state index contributed by atoms with van der Waals surface area (Å²) >= 11 is 0. The number of aliphatic hydroxyl groups excluding tert-OH is 1. The van der Waals surface area contributed by atoms with Gasteiger partial charge in [-0.1, -0.05) is 11.2 Å². The van der Waals surface area contributed by atoms with E-state index in [-0.39, 0.29) is 25.0 Å². The van der Waals surface area contributed by atoms with Gasteiger partial charge >= 0.3 is 0 Å². The highest BCUT2D eigenvalue weighted by molar-refractivity contribution is 5.78. The second-order valence-electron chi connectivity index (χ2n) is 6.53. The highest BCUT2D eigenvalue weighted by Crippen LogP contribution is 2.37. The highest BCUT2D eigenvalue weighted by atomic mass is 16.7. The van der Waals surface area contributed by atoms with Crippen LogP contribution in [0.15, 0.2) is 28.8 Å². The van der Waals surface area contributed by atoms with Crippen molar-refractivity contribution in [3.05, 3.63) is 41.3 Å². The van der Waals surface area contributed by atoms with E-state index in [0.29, 0.717) is 31.0 Å². The maximum Gasteiger partial charge on any atom is 0.231 e. The van der Waals surface area contributed by atoms with Crippen molar-refractivity contribution in [3.63, 3.8) is 0 Å². The number of hydrogen-bond acceptors (Lipinski definition) is 6. The summed E-state index contributed by atoms with van der Waals surface area (Å²) in [6, 6.07) is 7.50. The lowest BCUT2D eigenvalue weighted by Crippen LogP contribution is -2.46. The number of aliphatic hydroxyl groups is 1. The van der Waals surface area contributed by atoms with Gasteiger partial charge in [0.1, 0.15) is 5.76 Å². The number of aryl methyl sites for hydroxylation is 1. The fourth-order valence-electron chi connectivity index (χ4n) is 3.45. The van der Waals surface area contributed by atoms with E-state index in [4.69, 9.17) is 14.0 Å². The van der Waals surface area contributed by atoms with Gasteiger partial charge in [0, 0.05) is 25.1 Å². The van der Waals surface area contributed by atoms with Crippen LogP contribution in [0.25, 0.3) is 0 Å². The van der Waals surface area contributed by atoms with Gasteiger partial charge in [-0.15, -0.1) is 0 Å². The fourth-order valence-corrected chi connectivity index (χ4v) is 3.45. The first kappa shape index (κ1) is 16.0. The molecule has 0 spiro atoms. The quantitative estimate of drug-likeness (QED) is 0.911. The molecule has 0 aliphatic carbocycles. The second kappa shape index (κ2) is 6.40. The van der Waals surface area contributed by atoms with Gasteiger partial charge in [-0.05, 0) is 31.0 Å². The summed E-state index contributed by atoms with van der Waals surface area (Å²) in [5, 5.41) is 14.4. The minimum atomic E-state index is -0.616. The summed E-state index contributed by atoms with van der Waals surface area (Å²) in [6.45, 7) is 2.96. The third-order valence-electron chi connectivity index (χ3n) is 4.76. The van der Waals surface area contributed by atoms with Gasteiger partial charge < -0.3 is 24.0 Å². The summed E-state index contributed by atoms with van der Waals surface area (Å²) < 4.78 is 15.8. The first-order chi connectivity index (χ1) is 12.1.